The van der Waals surface area contributed by atoms with Gasteiger partial charge < -0.3 is 9.13 Å². The lowest BCUT2D eigenvalue weighted by Gasteiger charge is -2.07. The number of aromatic nitrogens is 2. The van der Waals surface area contributed by atoms with Crippen LogP contribution in [0, 0.1) is 35.5 Å². The Morgan fingerprint density at radius 1 is 0.208 bits per heavy atom. The molecule has 0 N–H and O–H groups in total. The van der Waals surface area contributed by atoms with Gasteiger partial charge in [-0.15, -0.1) is 0 Å². The highest BCUT2D eigenvalue weighted by Gasteiger charge is 2.08. The molecule has 1 aliphatic carbocycles. The standard InChI is InChI=1S/C70H40N2/c1-5-17-53(18-6-1)57-29-30-58(54-19-7-2-8-20-54)34-39-62(64-43-47-68(48-44-64)72-52-50-66-26-14-16-28-70(66)72)40-36-60(56-23-11-4-12-24-56)32-31-59(55-21-9-3-10-22-55)35-38-61(37-33-57)63-41-45-67(46-42-63)71-51-49-65-25-13-15-27-69(65)71/h1-28,41-52H. The zero-order chi connectivity index (χ0) is 48.3. The Bertz CT molecular complexity index is 3940. The number of para-hydroxylation sites is 2. The van der Waals surface area contributed by atoms with Crippen molar-refractivity contribution in [3.8, 4) is 46.9 Å². The van der Waals surface area contributed by atoms with Gasteiger partial charge in [0, 0.05) is 23.8 Å². The molecule has 2 heterocycles. The number of nitrogens with zero attached hydrogens (tertiary/aromatic N) is 2. The molecule has 330 valence electrons. The van der Waals surface area contributed by atoms with Crippen LogP contribution in [0.15, 0.2) is 277 Å². The van der Waals surface area contributed by atoms with Gasteiger partial charge >= 0.3 is 0 Å². The van der Waals surface area contributed by atoms with Crippen LogP contribution in [-0.2, 0) is 0 Å². The average Bonchev–Trinajstić information content (AvgIpc) is 4.09. The van der Waals surface area contributed by atoms with Crippen molar-refractivity contribution in [1.82, 2.24) is 9.13 Å². The maximum Gasteiger partial charge on any atom is 0.0824 e. The lowest BCUT2D eigenvalue weighted by Crippen LogP contribution is -1.92. The van der Waals surface area contributed by atoms with Crippen LogP contribution in [0.25, 0.3) is 66.6 Å². The van der Waals surface area contributed by atoms with E-state index in [0.29, 0.717) is 33.4 Å². The number of hydrogen-bond donors (Lipinski definition) is 0. The normalized spacial score (nSPS) is 12.3. The summed E-state index contributed by atoms with van der Waals surface area (Å²) < 4.78 is 4.38. The van der Waals surface area contributed by atoms with Gasteiger partial charge in [-0.05, 0) is 92.7 Å². The highest BCUT2D eigenvalue weighted by atomic mass is 15.0. The summed E-state index contributed by atoms with van der Waals surface area (Å²) in [5.74, 6) is 20.9. The van der Waals surface area contributed by atoms with Crippen LogP contribution in [0.2, 0.25) is 0 Å². The van der Waals surface area contributed by atoms with Gasteiger partial charge in [-0.2, -0.15) is 0 Å². The third-order valence-electron chi connectivity index (χ3n) is 12.2. The molecule has 0 spiro atoms. The number of allylic oxidation sites excluding steroid dienone is 6. The van der Waals surface area contributed by atoms with Crippen LogP contribution in [0.4, 0.5) is 0 Å². The predicted molar refractivity (Wildman–Crippen MR) is 297 cm³/mol. The van der Waals surface area contributed by atoms with E-state index in [1.54, 1.807) is 0 Å². The maximum absolute atomic E-state index is 3.49. The first kappa shape index (κ1) is 44.0. The second kappa shape index (κ2) is 20.7. The van der Waals surface area contributed by atoms with Gasteiger partial charge in [0.15, 0.2) is 0 Å². The number of fused-ring (bicyclic) bond motifs is 2. The van der Waals surface area contributed by atoms with E-state index in [4.69, 9.17) is 0 Å². The molecule has 8 aromatic carbocycles. The molecule has 0 fully saturated rings. The van der Waals surface area contributed by atoms with Gasteiger partial charge in [-0.25, -0.2) is 0 Å². The SMILES string of the molecule is C1=C=C(c2ccc(-n3ccc4ccccc43)cc2)C#CC(c2ccccc2)=C=C=C(c2ccccc2)C#CC(c2ccc(-n3ccc4ccccc43)cc2)=C=C=C(c2ccccc2)C#CC=1c1ccccc1. The maximum atomic E-state index is 3.49. The van der Waals surface area contributed by atoms with Crippen LogP contribution in [-0.4, -0.2) is 9.13 Å². The molecule has 0 bridgehead atoms. The molecule has 0 aliphatic heterocycles. The first-order valence-corrected chi connectivity index (χ1v) is 23.6. The van der Waals surface area contributed by atoms with E-state index in [1.807, 2.05) is 121 Å². The summed E-state index contributed by atoms with van der Waals surface area (Å²) in [6.45, 7) is 0. The minimum absolute atomic E-state index is 0.625. The fourth-order valence-electron chi connectivity index (χ4n) is 8.42. The fourth-order valence-corrected chi connectivity index (χ4v) is 8.42. The lowest BCUT2D eigenvalue weighted by atomic mass is 10.0. The molecular formula is C70H40N2. The van der Waals surface area contributed by atoms with Gasteiger partial charge in [-0.3, -0.25) is 0 Å². The smallest absolute Gasteiger partial charge is 0.0824 e. The van der Waals surface area contributed by atoms with Gasteiger partial charge in [0.25, 0.3) is 0 Å². The van der Waals surface area contributed by atoms with Crippen LogP contribution >= 0.6 is 0 Å². The number of rotatable bonds is 8. The van der Waals surface area contributed by atoms with Gasteiger partial charge in [0.05, 0.1) is 44.5 Å². The summed E-state index contributed by atoms with van der Waals surface area (Å²) in [7, 11) is 0. The number of benzene rings is 8. The minimum atomic E-state index is 0.625. The van der Waals surface area contributed by atoms with E-state index in [1.165, 1.54) is 10.8 Å². The molecule has 72 heavy (non-hydrogen) atoms. The van der Waals surface area contributed by atoms with Crippen molar-refractivity contribution in [3.05, 3.63) is 311 Å². The zero-order valence-electron chi connectivity index (χ0n) is 39.0. The Kier molecular flexibility index (Phi) is 12.7. The molecular weight excluding hydrogens is 869 g/mol. The van der Waals surface area contributed by atoms with E-state index in [0.717, 1.165) is 55.8 Å². The van der Waals surface area contributed by atoms with E-state index in [9.17, 15) is 0 Å². The molecule has 10 aromatic rings. The molecule has 0 saturated carbocycles. The minimum Gasteiger partial charge on any atom is -0.317 e. The van der Waals surface area contributed by atoms with Gasteiger partial charge in [-0.1, -0.05) is 252 Å². The lowest BCUT2D eigenvalue weighted by molar-refractivity contribution is 1.13. The van der Waals surface area contributed by atoms with Crippen molar-refractivity contribution in [1.29, 1.82) is 0 Å². The predicted octanol–water partition coefficient (Wildman–Crippen LogP) is 15.7. The van der Waals surface area contributed by atoms with Crippen molar-refractivity contribution >= 4 is 55.2 Å². The molecule has 2 nitrogen and oxygen atoms in total. The Morgan fingerprint density at radius 3 is 0.722 bits per heavy atom. The third-order valence-corrected chi connectivity index (χ3v) is 12.2. The van der Waals surface area contributed by atoms with E-state index in [-0.39, 0.29) is 0 Å². The quantitative estimate of drug-likeness (QED) is 0.106. The molecule has 0 radical (unpaired) electrons. The molecule has 1 aliphatic rings. The van der Waals surface area contributed by atoms with Crippen LogP contribution in [0.1, 0.15) is 33.4 Å². The summed E-state index contributed by atoms with van der Waals surface area (Å²) in [5.41, 5.74) is 34.3. The molecule has 11 rings (SSSR count). The molecule has 2 aromatic heterocycles. The third kappa shape index (κ3) is 9.86. The topological polar surface area (TPSA) is 9.86 Å². The van der Waals surface area contributed by atoms with Crippen LogP contribution in [0.5, 0.6) is 0 Å². The molecule has 0 unspecified atom stereocenters. The summed E-state index contributed by atoms with van der Waals surface area (Å²) in [4.78, 5) is 0. The Morgan fingerprint density at radius 2 is 0.444 bits per heavy atom. The Hall–Kier alpha value is -10.6. The first-order valence-electron chi connectivity index (χ1n) is 23.6. The first-order chi connectivity index (χ1) is 35.7. The molecule has 0 atom stereocenters. The van der Waals surface area contributed by atoms with Crippen molar-refractivity contribution in [2.75, 3.05) is 0 Å². The molecule has 0 saturated heterocycles. The van der Waals surface area contributed by atoms with Crippen LogP contribution < -0.4 is 0 Å². The monoisotopic (exact) mass is 908 g/mol. The second-order valence-corrected chi connectivity index (χ2v) is 16.8. The van der Waals surface area contributed by atoms with Crippen molar-refractivity contribution in [2.45, 2.75) is 0 Å². The largest absolute Gasteiger partial charge is 0.317 e. The Labute approximate surface area is 419 Å². The van der Waals surface area contributed by atoms with Gasteiger partial charge in [0.2, 0.25) is 0 Å². The van der Waals surface area contributed by atoms with Crippen molar-refractivity contribution in [2.24, 2.45) is 0 Å². The van der Waals surface area contributed by atoms with E-state index >= 15 is 0 Å². The Balaban J connectivity index is 1.18. The number of hydrogen-bond acceptors (Lipinski definition) is 0. The molecule has 2 heteroatoms. The second-order valence-electron chi connectivity index (χ2n) is 16.8. The summed E-state index contributed by atoms with van der Waals surface area (Å²) in [6, 6.07) is 77.9. The van der Waals surface area contributed by atoms with Crippen molar-refractivity contribution in [3.63, 3.8) is 0 Å². The zero-order valence-corrected chi connectivity index (χ0v) is 39.0. The van der Waals surface area contributed by atoms with Crippen molar-refractivity contribution < 1.29 is 0 Å². The summed E-state index contributed by atoms with van der Waals surface area (Å²) in [6.07, 6.45) is 4.20. The van der Waals surface area contributed by atoms with Crippen LogP contribution in [0.3, 0.4) is 0 Å². The van der Waals surface area contributed by atoms with E-state index < -0.39 is 0 Å². The fraction of sp³-hybridized carbons (Fsp3) is 0. The highest BCUT2D eigenvalue weighted by molar-refractivity contribution is 5.92. The summed E-state index contributed by atoms with van der Waals surface area (Å²) >= 11 is 0. The highest BCUT2D eigenvalue weighted by Crippen LogP contribution is 2.26. The molecule has 0 amide bonds. The van der Waals surface area contributed by atoms with E-state index in [2.05, 4.69) is 201 Å². The van der Waals surface area contributed by atoms with Gasteiger partial charge in [0.1, 0.15) is 0 Å². The average molecular weight is 909 g/mol. The summed E-state index contributed by atoms with van der Waals surface area (Å²) in [5, 5.41) is 2.35.